The van der Waals surface area contributed by atoms with E-state index in [1.165, 1.54) is 0 Å². The lowest BCUT2D eigenvalue weighted by Crippen LogP contribution is -2.39. The Bertz CT molecular complexity index is 1610. The molecule has 2 aromatic heterocycles. The number of amides is 2. The lowest BCUT2D eigenvalue weighted by Gasteiger charge is -2.26. The highest BCUT2D eigenvalue weighted by Crippen LogP contribution is 2.32. The Hall–Kier alpha value is -5.11. The highest BCUT2D eigenvalue weighted by molar-refractivity contribution is 5.94. The Morgan fingerprint density at radius 1 is 1.05 bits per heavy atom. The molecule has 1 saturated heterocycles. The number of carbonyl (C=O) groups is 2. The van der Waals surface area contributed by atoms with Crippen molar-refractivity contribution in [3.05, 3.63) is 72.6 Å². The van der Waals surface area contributed by atoms with Crippen molar-refractivity contribution in [2.75, 3.05) is 24.5 Å². The van der Waals surface area contributed by atoms with Gasteiger partial charge in [-0.05, 0) is 32.9 Å². The van der Waals surface area contributed by atoms with Crippen LogP contribution in [0.5, 0.6) is 11.6 Å². The van der Waals surface area contributed by atoms with Crippen molar-refractivity contribution in [1.29, 1.82) is 5.26 Å². The van der Waals surface area contributed by atoms with Crippen LogP contribution in [-0.4, -0.2) is 61.7 Å². The molecule has 5 rings (SSSR count). The van der Waals surface area contributed by atoms with Crippen LogP contribution in [-0.2, 0) is 16.6 Å². The van der Waals surface area contributed by atoms with Gasteiger partial charge in [-0.1, -0.05) is 30.3 Å². The highest BCUT2D eigenvalue weighted by Gasteiger charge is 2.28. The van der Waals surface area contributed by atoms with Crippen molar-refractivity contribution in [3.63, 3.8) is 0 Å². The van der Waals surface area contributed by atoms with Crippen LogP contribution in [0.1, 0.15) is 32.8 Å². The van der Waals surface area contributed by atoms with E-state index in [0.717, 1.165) is 11.3 Å². The third-order valence-corrected chi connectivity index (χ3v) is 6.48. The van der Waals surface area contributed by atoms with Crippen molar-refractivity contribution in [2.24, 2.45) is 7.05 Å². The lowest BCUT2D eigenvalue weighted by atomic mass is 10.2. The van der Waals surface area contributed by atoms with Gasteiger partial charge in [-0.15, -0.1) is 0 Å². The van der Waals surface area contributed by atoms with E-state index < -0.39 is 11.7 Å². The molecule has 1 aliphatic heterocycles. The molecule has 11 heteroatoms. The van der Waals surface area contributed by atoms with E-state index in [4.69, 9.17) is 9.47 Å². The number of aromatic nitrogens is 4. The quantitative estimate of drug-likeness (QED) is 0.344. The molecule has 0 spiro atoms. The lowest BCUT2D eigenvalue weighted by molar-refractivity contribution is -0.118. The van der Waals surface area contributed by atoms with E-state index >= 15 is 0 Å². The fourth-order valence-corrected chi connectivity index (χ4v) is 4.45. The van der Waals surface area contributed by atoms with Crippen molar-refractivity contribution in [2.45, 2.75) is 32.8 Å². The van der Waals surface area contributed by atoms with Crippen molar-refractivity contribution in [1.82, 2.24) is 24.5 Å². The Morgan fingerprint density at radius 3 is 2.56 bits per heavy atom. The van der Waals surface area contributed by atoms with Gasteiger partial charge >= 0.3 is 6.09 Å². The minimum atomic E-state index is -0.617. The predicted octanol–water partition coefficient (Wildman–Crippen LogP) is 4.91. The molecular formula is C30H31N7O4. The van der Waals surface area contributed by atoms with E-state index in [9.17, 15) is 14.9 Å². The first kappa shape index (κ1) is 27.5. The van der Waals surface area contributed by atoms with Gasteiger partial charge in [-0.3, -0.25) is 4.79 Å². The average molecular weight is 554 g/mol. The number of hydrogen-bond acceptors (Lipinski definition) is 7. The van der Waals surface area contributed by atoms with Crippen LogP contribution in [0, 0.1) is 11.3 Å². The van der Waals surface area contributed by atoms with Crippen LogP contribution in [0.2, 0.25) is 0 Å². The number of aryl methyl sites for hydroxylation is 1. The molecule has 0 radical (unpaired) electrons. The van der Waals surface area contributed by atoms with Gasteiger partial charge in [-0.2, -0.15) is 15.5 Å². The summed E-state index contributed by atoms with van der Waals surface area (Å²) in [6.07, 6.45) is 3.06. The highest BCUT2D eigenvalue weighted by atomic mass is 16.6. The first-order chi connectivity index (χ1) is 19.6. The van der Waals surface area contributed by atoms with Crippen LogP contribution in [0.3, 0.4) is 0 Å². The Kier molecular flexibility index (Phi) is 7.48. The summed E-state index contributed by atoms with van der Waals surface area (Å²) in [5, 5.41) is 18.6. The van der Waals surface area contributed by atoms with Gasteiger partial charge in [0.25, 0.3) is 0 Å². The summed E-state index contributed by atoms with van der Waals surface area (Å²) in [4.78, 5) is 28.7. The van der Waals surface area contributed by atoms with E-state index in [2.05, 4.69) is 16.3 Å². The van der Waals surface area contributed by atoms with Gasteiger partial charge in [0.15, 0.2) is 5.75 Å². The molecule has 0 N–H and O–H groups in total. The largest absolute Gasteiger partial charge is 0.444 e. The SMILES string of the molecule is Cn1nc(-c2ccccc2)cc1Oc1cc(C#N)ccc1-n1cc(N2CCN(C(=O)OC(C)(C)C)CCC2=O)cn1. The zero-order valence-electron chi connectivity index (χ0n) is 23.4. The maximum Gasteiger partial charge on any atom is 0.410 e. The maximum atomic E-state index is 13.0. The smallest absolute Gasteiger partial charge is 0.410 e. The summed E-state index contributed by atoms with van der Waals surface area (Å²) < 4.78 is 15.0. The van der Waals surface area contributed by atoms with Crippen LogP contribution < -0.4 is 9.64 Å². The summed E-state index contributed by atoms with van der Waals surface area (Å²) in [7, 11) is 1.78. The number of benzene rings is 2. The van der Waals surface area contributed by atoms with Crippen LogP contribution in [0.25, 0.3) is 16.9 Å². The van der Waals surface area contributed by atoms with Crippen LogP contribution >= 0.6 is 0 Å². The second-order valence-electron chi connectivity index (χ2n) is 10.7. The fraction of sp³-hybridized carbons (Fsp3) is 0.300. The average Bonchev–Trinajstić information content (AvgIpc) is 3.51. The monoisotopic (exact) mass is 553 g/mol. The molecule has 0 bridgehead atoms. The Labute approximate surface area is 238 Å². The summed E-state index contributed by atoms with van der Waals surface area (Å²) >= 11 is 0. The van der Waals surface area contributed by atoms with Crippen LogP contribution in [0.4, 0.5) is 10.5 Å². The van der Waals surface area contributed by atoms with Crippen molar-refractivity contribution >= 4 is 17.7 Å². The molecule has 11 nitrogen and oxygen atoms in total. The predicted molar refractivity (Wildman–Crippen MR) is 152 cm³/mol. The van der Waals surface area contributed by atoms with Crippen molar-refractivity contribution < 1.29 is 19.1 Å². The molecule has 2 aromatic carbocycles. The normalized spacial score (nSPS) is 14.0. The van der Waals surface area contributed by atoms with Gasteiger partial charge in [0.05, 0.1) is 35.4 Å². The molecule has 0 saturated carbocycles. The summed E-state index contributed by atoms with van der Waals surface area (Å²) in [6.45, 7) is 6.35. The second kappa shape index (κ2) is 11.2. The van der Waals surface area contributed by atoms with Crippen LogP contribution in [0.15, 0.2) is 67.0 Å². The number of nitriles is 1. The molecule has 2 amide bonds. The van der Waals surface area contributed by atoms with Gasteiger partial charge in [0.1, 0.15) is 11.3 Å². The van der Waals surface area contributed by atoms with E-state index in [0.29, 0.717) is 41.7 Å². The van der Waals surface area contributed by atoms with Gasteiger partial charge in [-0.25, -0.2) is 14.2 Å². The second-order valence-corrected chi connectivity index (χ2v) is 10.7. The van der Waals surface area contributed by atoms with Gasteiger partial charge < -0.3 is 19.3 Å². The Morgan fingerprint density at radius 2 is 1.83 bits per heavy atom. The Balaban J connectivity index is 1.39. The van der Waals surface area contributed by atoms with Gasteiger partial charge in [0.2, 0.25) is 11.8 Å². The first-order valence-corrected chi connectivity index (χ1v) is 13.3. The molecule has 0 atom stereocenters. The van der Waals surface area contributed by atoms with Gasteiger partial charge in [0, 0.05) is 50.8 Å². The summed E-state index contributed by atoms with van der Waals surface area (Å²) in [5.41, 5.74) is 2.67. The fourth-order valence-electron chi connectivity index (χ4n) is 4.45. The minimum Gasteiger partial charge on any atom is -0.444 e. The third kappa shape index (κ3) is 6.22. The number of rotatable bonds is 5. The number of anilines is 1. The molecule has 41 heavy (non-hydrogen) atoms. The van der Waals surface area contributed by atoms with E-state index in [-0.39, 0.29) is 18.9 Å². The van der Waals surface area contributed by atoms with E-state index in [1.54, 1.807) is 56.8 Å². The molecule has 1 aliphatic rings. The number of ether oxygens (including phenoxy) is 2. The molecule has 1 fully saturated rings. The molecule has 0 aliphatic carbocycles. The molecule has 210 valence electrons. The molecular weight excluding hydrogens is 522 g/mol. The number of hydrogen-bond donors (Lipinski definition) is 0. The van der Waals surface area contributed by atoms with Crippen molar-refractivity contribution in [3.8, 4) is 34.6 Å². The minimum absolute atomic E-state index is 0.116. The standard InChI is InChI=1S/C30H31N7O4/c1-30(2,3)41-29(39)35-13-12-27(38)36(15-14-35)23-19-32-37(20-23)25-11-10-21(18-31)16-26(25)40-28-17-24(33-34(28)4)22-8-6-5-7-9-22/h5-11,16-17,19-20H,12-15H2,1-4H3. The number of nitrogens with zero attached hydrogens (tertiary/aromatic N) is 7. The molecule has 0 unspecified atom stereocenters. The zero-order chi connectivity index (χ0) is 29.1. The number of carbonyl (C=O) groups excluding carboxylic acids is 2. The summed E-state index contributed by atoms with van der Waals surface area (Å²) in [5.74, 6) is 0.771. The topological polar surface area (TPSA) is 119 Å². The third-order valence-electron chi connectivity index (χ3n) is 6.48. The van der Waals surface area contributed by atoms with E-state index in [1.807, 2.05) is 57.2 Å². The maximum absolute atomic E-state index is 13.0. The first-order valence-electron chi connectivity index (χ1n) is 13.3. The molecule has 4 aromatic rings. The molecule has 3 heterocycles. The summed E-state index contributed by atoms with van der Waals surface area (Å²) in [6, 6.07) is 18.8. The zero-order valence-corrected chi connectivity index (χ0v) is 23.4.